The van der Waals surface area contributed by atoms with Gasteiger partial charge in [-0.25, -0.2) is 0 Å². The number of aromatic nitrogens is 4. The summed E-state index contributed by atoms with van der Waals surface area (Å²) in [5, 5.41) is 8.26. The van der Waals surface area contributed by atoms with Crippen molar-refractivity contribution in [3.8, 4) is 0 Å². The second-order valence-electron chi connectivity index (χ2n) is 7.51. The first-order chi connectivity index (χ1) is 14.2. The number of rotatable bonds is 8. The van der Waals surface area contributed by atoms with E-state index in [1.807, 2.05) is 18.2 Å². The molecule has 0 saturated carbocycles. The Balaban J connectivity index is 1.38. The molecule has 0 unspecified atom stereocenters. The van der Waals surface area contributed by atoms with E-state index in [9.17, 15) is 0 Å². The van der Waals surface area contributed by atoms with E-state index in [-0.39, 0.29) is 0 Å². The molecule has 154 valence electrons. The van der Waals surface area contributed by atoms with Crippen molar-refractivity contribution < 1.29 is 13.8 Å². The van der Waals surface area contributed by atoms with Crippen LogP contribution in [0.25, 0.3) is 0 Å². The summed E-state index contributed by atoms with van der Waals surface area (Å²) in [5.74, 6) is 2.69. The van der Waals surface area contributed by atoms with Crippen molar-refractivity contribution in [2.45, 2.75) is 51.2 Å². The summed E-state index contributed by atoms with van der Waals surface area (Å²) in [4.78, 5) is 11.4. The minimum absolute atomic E-state index is 0.539. The number of benzene rings is 1. The first-order valence-corrected chi connectivity index (χ1v) is 10.2. The van der Waals surface area contributed by atoms with Gasteiger partial charge >= 0.3 is 0 Å². The van der Waals surface area contributed by atoms with E-state index in [0.29, 0.717) is 30.6 Å². The lowest BCUT2D eigenvalue weighted by Crippen LogP contribution is -2.43. The smallest absolute Gasteiger partial charge is 0.258 e. The standard InChI is InChI=1S/C21H27N5O3/c1-3-7-19-22-18(25-28-19)15-26-12-10-21(27-2,11-13-26)20-23-17(24-29-20)14-16-8-5-4-6-9-16/h4-6,8-9H,3,7,10-15H2,1-2H3. The Bertz CT molecular complexity index is 900. The average Bonchev–Trinajstić information content (AvgIpc) is 3.40. The van der Waals surface area contributed by atoms with Crippen LogP contribution in [0.4, 0.5) is 0 Å². The van der Waals surface area contributed by atoms with Crippen molar-refractivity contribution >= 4 is 0 Å². The van der Waals surface area contributed by atoms with Crippen LogP contribution in [0.2, 0.25) is 0 Å². The van der Waals surface area contributed by atoms with Gasteiger partial charge in [-0.1, -0.05) is 47.6 Å². The maximum absolute atomic E-state index is 5.89. The summed E-state index contributed by atoms with van der Waals surface area (Å²) >= 11 is 0. The van der Waals surface area contributed by atoms with E-state index in [2.05, 4.69) is 44.2 Å². The molecule has 8 heteroatoms. The van der Waals surface area contributed by atoms with E-state index >= 15 is 0 Å². The highest BCUT2D eigenvalue weighted by Crippen LogP contribution is 2.35. The fraction of sp³-hybridized carbons (Fsp3) is 0.524. The van der Waals surface area contributed by atoms with Gasteiger partial charge in [-0.05, 0) is 24.8 Å². The number of aryl methyl sites for hydroxylation is 1. The van der Waals surface area contributed by atoms with Gasteiger partial charge in [0.05, 0.1) is 6.54 Å². The van der Waals surface area contributed by atoms with Crippen molar-refractivity contribution in [2.75, 3.05) is 20.2 Å². The Morgan fingerprint density at radius 2 is 1.79 bits per heavy atom. The molecule has 1 aromatic carbocycles. The van der Waals surface area contributed by atoms with Crippen molar-refractivity contribution in [3.63, 3.8) is 0 Å². The third-order valence-corrected chi connectivity index (χ3v) is 5.46. The molecule has 3 aromatic rings. The summed E-state index contributed by atoms with van der Waals surface area (Å²) in [5.41, 5.74) is 0.618. The molecular formula is C21H27N5O3. The Kier molecular flexibility index (Phi) is 6.01. The van der Waals surface area contributed by atoms with Crippen molar-refractivity contribution in [2.24, 2.45) is 0 Å². The second kappa shape index (κ2) is 8.84. The third kappa shape index (κ3) is 4.54. The lowest BCUT2D eigenvalue weighted by molar-refractivity contribution is -0.0841. The van der Waals surface area contributed by atoms with Crippen LogP contribution in [0.5, 0.6) is 0 Å². The molecule has 0 N–H and O–H groups in total. The van der Waals surface area contributed by atoms with Crippen LogP contribution < -0.4 is 0 Å². The van der Waals surface area contributed by atoms with E-state index in [1.54, 1.807) is 7.11 Å². The fourth-order valence-corrected chi connectivity index (χ4v) is 3.74. The van der Waals surface area contributed by atoms with Gasteiger partial charge in [-0.2, -0.15) is 9.97 Å². The van der Waals surface area contributed by atoms with Gasteiger partial charge in [0.2, 0.25) is 5.89 Å². The van der Waals surface area contributed by atoms with Crippen LogP contribution in [0.15, 0.2) is 39.4 Å². The maximum Gasteiger partial charge on any atom is 0.258 e. The predicted molar refractivity (Wildman–Crippen MR) is 105 cm³/mol. The van der Waals surface area contributed by atoms with Crippen LogP contribution in [-0.2, 0) is 29.7 Å². The molecular weight excluding hydrogens is 370 g/mol. The minimum Gasteiger partial charge on any atom is -0.368 e. The molecule has 8 nitrogen and oxygen atoms in total. The van der Waals surface area contributed by atoms with Gasteiger partial charge in [-0.15, -0.1) is 0 Å². The molecule has 1 fully saturated rings. The molecule has 0 amide bonds. The molecule has 1 saturated heterocycles. The number of nitrogens with zero attached hydrogens (tertiary/aromatic N) is 5. The lowest BCUT2D eigenvalue weighted by atomic mass is 9.91. The zero-order chi connectivity index (χ0) is 20.1. The molecule has 29 heavy (non-hydrogen) atoms. The van der Waals surface area contributed by atoms with Crippen LogP contribution >= 0.6 is 0 Å². The van der Waals surface area contributed by atoms with Crippen LogP contribution in [-0.4, -0.2) is 45.4 Å². The zero-order valence-electron chi connectivity index (χ0n) is 17.0. The monoisotopic (exact) mass is 397 g/mol. The molecule has 0 spiro atoms. The van der Waals surface area contributed by atoms with Crippen molar-refractivity contribution in [3.05, 3.63) is 59.3 Å². The first kappa shape index (κ1) is 19.7. The van der Waals surface area contributed by atoms with Crippen molar-refractivity contribution in [1.29, 1.82) is 0 Å². The summed E-state index contributed by atoms with van der Waals surface area (Å²) in [6.45, 7) is 4.45. The number of piperidine rings is 1. The van der Waals surface area contributed by atoms with Gasteiger partial charge in [0, 0.05) is 33.0 Å². The second-order valence-corrected chi connectivity index (χ2v) is 7.51. The number of methoxy groups -OCH3 is 1. The molecule has 0 atom stereocenters. The fourth-order valence-electron chi connectivity index (χ4n) is 3.74. The first-order valence-electron chi connectivity index (χ1n) is 10.2. The van der Waals surface area contributed by atoms with E-state index < -0.39 is 5.60 Å². The van der Waals surface area contributed by atoms with Gasteiger partial charge in [0.15, 0.2) is 11.6 Å². The summed E-state index contributed by atoms with van der Waals surface area (Å²) in [6.07, 6.45) is 4.01. The third-order valence-electron chi connectivity index (χ3n) is 5.46. The molecule has 1 aliphatic heterocycles. The van der Waals surface area contributed by atoms with Crippen LogP contribution in [0, 0.1) is 0 Å². The lowest BCUT2D eigenvalue weighted by Gasteiger charge is -2.37. The maximum atomic E-state index is 5.89. The Hall–Kier alpha value is -2.58. The van der Waals surface area contributed by atoms with Gasteiger partial charge in [0.25, 0.3) is 5.89 Å². The molecule has 0 radical (unpaired) electrons. The summed E-state index contributed by atoms with van der Waals surface area (Å²) in [7, 11) is 1.72. The number of hydrogen-bond acceptors (Lipinski definition) is 8. The van der Waals surface area contributed by atoms with Crippen LogP contribution in [0.3, 0.4) is 0 Å². The number of ether oxygens (including phenoxy) is 1. The predicted octanol–water partition coefficient (Wildman–Crippen LogP) is 3.13. The number of hydrogen-bond donors (Lipinski definition) is 0. The molecule has 0 bridgehead atoms. The normalized spacial score (nSPS) is 16.9. The van der Waals surface area contributed by atoms with Crippen molar-refractivity contribution in [1.82, 2.24) is 25.2 Å². The summed E-state index contributed by atoms with van der Waals surface area (Å²) in [6, 6.07) is 10.1. The van der Waals surface area contributed by atoms with Crippen LogP contribution in [0.1, 0.15) is 55.2 Å². The molecule has 3 heterocycles. The summed E-state index contributed by atoms with van der Waals surface area (Å²) < 4.78 is 16.8. The van der Waals surface area contributed by atoms with E-state index in [1.165, 1.54) is 0 Å². The highest BCUT2D eigenvalue weighted by atomic mass is 16.5. The van der Waals surface area contributed by atoms with Gasteiger partial charge in [-0.3, -0.25) is 4.90 Å². The largest absolute Gasteiger partial charge is 0.368 e. The van der Waals surface area contributed by atoms with E-state index in [4.69, 9.17) is 13.8 Å². The zero-order valence-corrected chi connectivity index (χ0v) is 17.0. The molecule has 2 aromatic heterocycles. The molecule has 0 aliphatic carbocycles. The quantitative estimate of drug-likeness (QED) is 0.573. The molecule has 1 aliphatic rings. The molecule has 4 rings (SSSR count). The van der Waals surface area contributed by atoms with Gasteiger partial charge in [0.1, 0.15) is 5.60 Å². The highest BCUT2D eigenvalue weighted by molar-refractivity contribution is 5.18. The highest BCUT2D eigenvalue weighted by Gasteiger charge is 2.41. The Morgan fingerprint density at radius 1 is 1.03 bits per heavy atom. The number of likely N-dealkylation sites (tertiary alicyclic amines) is 1. The SMILES string of the molecule is CCCc1nc(CN2CCC(OC)(c3nc(Cc4ccccc4)no3)CC2)no1. The topological polar surface area (TPSA) is 90.3 Å². The minimum atomic E-state index is -0.539. The Morgan fingerprint density at radius 3 is 2.52 bits per heavy atom. The Labute approximate surface area is 170 Å². The average molecular weight is 397 g/mol. The van der Waals surface area contributed by atoms with Gasteiger partial charge < -0.3 is 13.8 Å². The van der Waals surface area contributed by atoms with E-state index in [0.717, 1.165) is 50.2 Å².